The Balaban J connectivity index is 0.00000256. The van der Waals surface area contributed by atoms with Crippen molar-refractivity contribution in [3.63, 3.8) is 0 Å². The molecule has 0 fully saturated rings. The number of nitrogens with two attached hydrogens (primary N) is 1. The molecule has 0 saturated carbocycles. The Morgan fingerprint density at radius 1 is 1.35 bits per heavy atom. The molecular weight excluding hydrogens is 240 g/mol. The van der Waals surface area contributed by atoms with Crippen LogP contribution in [0.1, 0.15) is 5.56 Å². The summed E-state index contributed by atoms with van der Waals surface area (Å²) in [6.07, 6.45) is 0. The molecule has 98 valence electrons. The van der Waals surface area contributed by atoms with Crippen LogP contribution < -0.4 is 22.9 Å². The lowest BCUT2D eigenvalue weighted by molar-refractivity contribution is -0.903. The summed E-state index contributed by atoms with van der Waals surface area (Å²) in [4.78, 5) is 0. The molecule has 0 aliphatic rings. The molecular formula is C12H21ClN2O2. The first-order valence-electron chi connectivity index (χ1n) is 5.34. The van der Waals surface area contributed by atoms with Crippen LogP contribution in [0.15, 0.2) is 18.2 Å². The van der Waals surface area contributed by atoms with E-state index >= 15 is 0 Å². The molecule has 3 N–H and O–H groups in total. The molecule has 0 aromatic heterocycles. The van der Waals surface area contributed by atoms with Crippen molar-refractivity contribution in [1.82, 2.24) is 0 Å². The number of methoxy groups -OCH3 is 1. The monoisotopic (exact) mass is 260 g/mol. The lowest BCUT2D eigenvalue weighted by atomic mass is 10.1. The normalized spacial score (nSPS) is 10.8. The predicted molar refractivity (Wildman–Crippen MR) is 65.2 cm³/mol. The van der Waals surface area contributed by atoms with E-state index in [4.69, 9.17) is 15.6 Å². The summed E-state index contributed by atoms with van der Waals surface area (Å²) in [5.41, 5.74) is 7.65. The average molecular weight is 261 g/mol. The van der Waals surface area contributed by atoms with Gasteiger partial charge in [0.15, 0.2) is 0 Å². The van der Waals surface area contributed by atoms with E-state index in [9.17, 15) is 0 Å². The Hall–Kier alpha value is -0.970. The molecule has 1 aromatic carbocycles. The molecule has 0 spiro atoms. The topological polar surface area (TPSA) is 55.5 Å². The van der Waals surface area contributed by atoms with Gasteiger partial charge < -0.3 is 32.5 Å². The fourth-order valence-corrected chi connectivity index (χ4v) is 1.73. The van der Waals surface area contributed by atoms with Crippen LogP contribution in [0.25, 0.3) is 0 Å². The van der Waals surface area contributed by atoms with Gasteiger partial charge in [-0.2, -0.15) is 0 Å². The number of quaternary nitrogens is 1. The summed E-state index contributed by atoms with van der Waals surface area (Å²) < 4.78 is 5.85. The highest BCUT2D eigenvalue weighted by Crippen LogP contribution is 2.23. The fourth-order valence-electron chi connectivity index (χ4n) is 1.73. The number of aliphatic hydroxyl groups is 1. The smallest absolute Gasteiger partial charge is 0.141 e. The summed E-state index contributed by atoms with van der Waals surface area (Å²) in [5.74, 6) is 0.705. The number of halogens is 1. The number of hydrogen-bond donors (Lipinski definition) is 2. The maximum absolute atomic E-state index is 8.96. The quantitative estimate of drug-likeness (QED) is 0.469. The maximum Gasteiger partial charge on any atom is 0.141 e. The number of likely N-dealkylation sites (N-methyl/N-ethyl adjacent to an activating group) is 1. The van der Waals surface area contributed by atoms with Gasteiger partial charge in [0.05, 0.1) is 33.5 Å². The first-order valence-corrected chi connectivity index (χ1v) is 5.34. The van der Waals surface area contributed by atoms with Crippen molar-refractivity contribution in [1.29, 1.82) is 0 Å². The number of nitrogens with zero attached hydrogens (tertiary/aromatic N) is 1. The average Bonchev–Trinajstić information content (AvgIpc) is 2.17. The highest BCUT2D eigenvalue weighted by molar-refractivity contribution is 5.54. The zero-order valence-electron chi connectivity index (χ0n) is 10.6. The molecule has 0 atom stereocenters. The van der Waals surface area contributed by atoms with Crippen molar-refractivity contribution >= 4 is 5.69 Å². The van der Waals surface area contributed by atoms with Crippen LogP contribution >= 0.6 is 0 Å². The lowest BCUT2D eigenvalue weighted by Crippen LogP contribution is -3.00. The number of aliphatic hydroxyl groups excluding tert-OH is 1. The highest BCUT2D eigenvalue weighted by atomic mass is 35.5. The van der Waals surface area contributed by atoms with Crippen LogP contribution in [0.2, 0.25) is 0 Å². The summed E-state index contributed by atoms with van der Waals surface area (Å²) in [6.45, 7) is 1.76. The molecule has 5 heteroatoms. The van der Waals surface area contributed by atoms with E-state index in [-0.39, 0.29) is 19.0 Å². The van der Waals surface area contributed by atoms with Gasteiger partial charge in [-0.25, -0.2) is 0 Å². The first kappa shape index (κ1) is 16.0. The standard InChI is InChI=1S/C12H21N2O2.ClH/c1-14(2,6-7-15)9-10-4-5-12(16-3)11(13)8-10;/h4-5,8,15H,6-7,9,13H2,1-3H3;1H/q+1;/p-1. The molecule has 0 heterocycles. The third-order valence-electron chi connectivity index (χ3n) is 2.61. The van der Waals surface area contributed by atoms with Crippen LogP contribution in [-0.4, -0.2) is 43.9 Å². The van der Waals surface area contributed by atoms with Gasteiger partial charge in [0, 0.05) is 5.56 Å². The molecule has 0 saturated heterocycles. The summed E-state index contributed by atoms with van der Waals surface area (Å²) in [6, 6.07) is 5.81. The van der Waals surface area contributed by atoms with E-state index in [0.717, 1.165) is 23.1 Å². The number of hydrogen-bond acceptors (Lipinski definition) is 3. The van der Waals surface area contributed by atoms with E-state index in [0.29, 0.717) is 11.4 Å². The van der Waals surface area contributed by atoms with Gasteiger partial charge in [0.25, 0.3) is 0 Å². The Kier molecular flexibility index (Phi) is 6.31. The third kappa shape index (κ3) is 4.81. The van der Waals surface area contributed by atoms with Gasteiger partial charge >= 0.3 is 0 Å². The molecule has 0 bridgehead atoms. The second kappa shape index (κ2) is 6.69. The van der Waals surface area contributed by atoms with Gasteiger partial charge in [-0.05, 0) is 18.2 Å². The van der Waals surface area contributed by atoms with Crippen LogP contribution in [0.4, 0.5) is 5.69 Å². The Morgan fingerprint density at radius 2 is 2.00 bits per heavy atom. The Morgan fingerprint density at radius 3 is 2.47 bits per heavy atom. The van der Waals surface area contributed by atoms with Gasteiger partial charge in [0.2, 0.25) is 0 Å². The Bertz CT molecular complexity index is 356. The second-order valence-corrected chi connectivity index (χ2v) is 4.62. The van der Waals surface area contributed by atoms with Gasteiger partial charge in [-0.3, -0.25) is 0 Å². The van der Waals surface area contributed by atoms with Crippen LogP contribution in [0.3, 0.4) is 0 Å². The van der Waals surface area contributed by atoms with Crippen molar-refractivity contribution < 1.29 is 26.7 Å². The predicted octanol–water partition coefficient (Wildman–Crippen LogP) is -2.15. The van der Waals surface area contributed by atoms with Crippen LogP contribution in [-0.2, 0) is 6.54 Å². The van der Waals surface area contributed by atoms with Crippen LogP contribution in [0, 0.1) is 0 Å². The molecule has 0 amide bonds. The second-order valence-electron chi connectivity index (χ2n) is 4.62. The zero-order valence-corrected chi connectivity index (χ0v) is 11.4. The molecule has 0 aliphatic heterocycles. The number of benzene rings is 1. The number of rotatable bonds is 5. The van der Waals surface area contributed by atoms with E-state index < -0.39 is 0 Å². The van der Waals surface area contributed by atoms with Gasteiger partial charge in [-0.15, -0.1) is 0 Å². The summed E-state index contributed by atoms with van der Waals surface area (Å²) in [7, 11) is 5.77. The van der Waals surface area contributed by atoms with E-state index in [1.54, 1.807) is 7.11 Å². The van der Waals surface area contributed by atoms with Crippen molar-refractivity contribution in [2.24, 2.45) is 0 Å². The molecule has 17 heavy (non-hydrogen) atoms. The molecule has 1 rings (SSSR count). The zero-order chi connectivity index (χ0) is 12.2. The van der Waals surface area contributed by atoms with E-state index in [1.165, 1.54) is 0 Å². The van der Waals surface area contributed by atoms with Crippen molar-refractivity contribution in [2.45, 2.75) is 6.54 Å². The highest BCUT2D eigenvalue weighted by Gasteiger charge is 2.15. The molecule has 0 aliphatic carbocycles. The molecule has 0 radical (unpaired) electrons. The van der Waals surface area contributed by atoms with Crippen molar-refractivity contribution in [2.75, 3.05) is 40.1 Å². The van der Waals surface area contributed by atoms with Crippen LogP contribution in [0.5, 0.6) is 5.75 Å². The SMILES string of the molecule is COc1ccc(C[N+](C)(C)CCO)cc1N.[Cl-]. The fraction of sp³-hybridized carbons (Fsp3) is 0.500. The molecule has 0 unspecified atom stereocenters. The van der Waals surface area contributed by atoms with Gasteiger partial charge in [0.1, 0.15) is 18.8 Å². The lowest BCUT2D eigenvalue weighted by Gasteiger charge is -2.29. The van der Waals surface area contributed by atoms with E-state index in [2.05, 4.69) is 14.1 Å². The first-order chi connectivity index (χ1) is 7.48. The maximum atomic E-state index is 8.96. The Labute approximate surface area is 109 Å². The van der Waals surface area contributed by atoms with E-state index in [1.807, 2.05) is 18.2 Å². The number of anilines is 1. The van der Waals surface area contributed by atoms with Crippen molar-refractivity contribution in [3.05, 3.63) is 23.8 Å². The van der Waals surface area contributed by atoms with Gasteiger partial charge in [-0.1, -0.05) is 0 Å². The molecule has 1 aromatic rings. The summed E-state index contributed by atoms with van der Waals surface area (Å²) in [5, 5.41) is 8.96. The minimum Gasteiger partial charge on any atom is -1.00 e. The summed E-state index contributed by atoms with van der Waals surface area (Å²) >= 11 is 0. The largest absolute Gasteiger partial charge is 1.00 e. The minimum absolute atomic E-state index is 0. The number of nitrogen functional groups attached to an aromatic ring is 1. The molecule has 4 nitrogen and oxygen atoms in total. The number of ether oxygens (including phenoxy) is 1. The third-order valence-corrected chi connectivity index (χ3v) is 2.61. The minimum atomic E-state index is 0. The van der Waals surface area contributed by atoms with Crippen molar-refractivity contribution in [3.8, 4) is 5.75 Å².